The number of carboxylic acid groups (broad SMARTS) is 1. The predicted molar refractivity (Wildman–Crippen MR) is 80.1 cm³/mol. The van der Waals surface area contributed by atoms with E-state index in [4.69, 9.17) is 15.6 Å². The molecule has 0 fully saturated rings. The molecule has 0 unspecified atom stereocenters. The minimum absolute atomic E-state index is 0.0231. The van der Waals surface area contributed by atoms with Gasteiger partial charge in [-0.1, -0.05) is 13.0 Å². The van der Waals surface area contributed by atoms with E-state index in [-0.39, 0.29) is 30.6 Å². The van der Waals surface area contributed by atoms with Gasteiger partial charge in [-0.05, 0) is 49.4 Å². The van der Waals surface area contributed by atoms with Gasteiger partial charge in [-0.15, -0.1) is 0 Å². The molecule has 0 spiro atoms. The molecule has 2 atom stereocenters. The van der Waals surface area contributed by atoms with Gasteiger partial charge in [0.1, 0.15) is 5.75 Å². The number of aliphatic carboxylic acids is 1. The van der Waals surface area contributed by atoms with E-state index in [9.17, 15) is 18.0 Å². The molecule has 7 heteroatoms. The first-order valence-electron chi connectivity index (χ1n) is 7.44. The van der Waals surface area contributed by atoms with Crippen molar-refractivity contribution < 1.29 is 27.8 Å². The quantitative estimate of drug-likeness (QED) is 0.725. The fourth-order valence-electron chi connectivity index (χ4n) is 2.34. The van der Waals surface area contributed by atoms with Crippen LogP contribution in [-0.2, 0) is 11.0 Å². The summed E-state index contributed by atoms with van der Waals surface area (Å²) in [5, 5.41) is 8.77. The maximum atomic E-state index is 12.6. The van der Waals surface area contributed by atoms with E-state index < -0.39 is 17.7 Å². The molecule has 1 rings (SSSR count). The number of benzene rings is 1. The molecule has 1 aromatic rings. The van der Waals surface area contributed by atoms with Gasteiger partial charge in [0, 0.05) is 6.42 Å². The lowest BCUT2D eigenvalue weighted by molar-refractivity contribution is -0.138. The van der Waals surface area contributed by atoms with Gasteiger partial charge in [0.2, 0.25) is 0 Å². The summed E-state index contributed by atoms with van der Waals surface area (Å²) in [5.74, 6) is -0.634. The molecule has 0 aromatic heterocycles. The molecule has 3 N–H and O–H groups in total. The van der Waals surface area contributed by atoms with Crippen molar-refractivity contribution in [1.82, 2.24) is 0 Å². The third-order valence-corrected chi connectivity index (χ3v) is 3.57. The van der Waals surface area contributed by atoms with Gasteiger partial charge >= 0.3 is 12.1 Å². The van der Waals surface area contributed by atoms with Gasteiger partial charge in [0.05, 0.1) is 12.2 Å². The van der Waals surface area contributed by atoms with Gasteiger partial charge in [0.15, 0.2) is 0 Å². The largest absolute Gasteiger partial charge is 0.494 e. The number of nitrogens with two attached hydrogens (primary N) is 1. The highest BCUT2D eigenvalue weighted by molar-refractivity contribution is 5.67. The zero-order chi connectivity index (χ0) is 17.5. The molecule has 0 aliphatic carbocycles. The molecular formula is C16H22F3NO3. The van der Waals surface area contributed by atoms with Crippen molar-refractivity contribution in [2.24, 2.45) is 17.6 Å². The molecule has 0 radical (unpaired) electrons. The van der Waals surface area contributed by atoms with E-state index in [1.54, 1.807) is 0 Å². The SMILES string of the molecule is C[C@H](CCOc1cccc(C(F)(F)F)c1)C[C@H](CN)CC(=O)O. The van der Waals surface area contributed by atoms with Crippen molar-refractivity contribution in [3.8, 4) is 5.75 Å². The number of hydrogen-bond donors (Lipinski definition) is 2. The van der Waals surface area contributed by atoms with Crippen LogP contribution in [0.1, 0.15) is 31.7 Å². The molecule has 0 saturated heterocycles. The maximum absolute atomic E-state index is 12.6. The standard InChI is InChI=1S/C16H22F3NO3/c1-11(7-12(10-20)8-15(21)22)5-6-23-14-4-2-3-13(9-14)16(17,18)19/h2-4,9,11-12H,5-8,10,20H2,1H3,(H,21,22)/t11-,12+/m1/s1. The highest BCUT2D eigenvalue weighted by atomic mass is 19.4. The molecule has 0 saturated carbocycles. The number of carbonyl (C=O) groups is 1. The number of alkyl halides is 3. The van der Waals surface area contributed by atoms with Crippen molar-refractivity contribution >= 4 is 5.97 Å². The molecule has 0 heterocycles. The van der Waals surface area contributed by atoms with E-state index in [2.05, 4.69) is 0 Å². The van der Waals surface area contributed by atoms with E-state index in [0.29, 0.717) is 19.4 Å². The molecular weight excluding hydrogens is 311 g/mol. The average Bonchev–Trinajstić information content (AvgIpc) is 2.45. The maximum Gasteiger partial charge on any atom is 0.416 e. The second-order valence-electron chi connectivity index (χ2n) is 5.70. The number of halogens is 3. The second-order valence-corrected chi connectivity index (χ2v) is 5.70. The molecule has 1 aromatic carbocycles. The average molecular weight is 333 g/mol. The summed E-state index contributed by atoms with van der Waals surface area (Å²) in [5.41, 5.74) is 4.80. The van der Waals surface area contributed by atoms with Crippen molar-refractivity contribution in [2.75, 3.05) is 13.2 Å². The van der Waals surface area contributed by atoms with Gasteiger partial charge in [0.25, 0.3) is 0 Å². The Labute approximate surface area is 133 Å². The van der Waals surface area contributed by atoms with Gasteiger partial charge in [-0.2, -0.15) is 13.2 Å². The predicted octanol–water partition coefficient (Wildman–Crippen LogP) is 3.55. The van der Waals surface area contributed by atoms with Crippen LogP contribution in [-0.4, -0.2) is 24.2 Å². The molecule has 0 bridgehead atoms. The van der Waals surface area contributed by atoms with Gasteiger partial charge in [-0.25, -0.2) is 0 Å². The zero-order valence-electron chi connectivity index (χ0n) is 13.0. The van der Waals surface area contributed by atoms with Crippen molar-refractivity contribution in [3.05, 3.63) is 29.8 Å². The summed E-state index contributed by atoms with van der Waals surface area (Å²) in [6, 6.07) is 4.75. The first-order valence-corrected chi connectivity index (χ1v) is 7.44. The Morgan fingerprint density at radius 2 is 2.09 bits per heavy atom. The molecule has 130 valence electrons. The Morgan fingerprint density at radius 3 is 2.65 bits per heavy atom. The minimum atomic E-state index is -4.39. The van der Waals surface area contributed by atoms with Crippen LogP contribution in [0.15, 0.2) is 24.3 Å². The Kier molecular flexibility index (Phi) is 7.35. The summed E-state index contributed by atoms with van der Waals surface area (Å²) in [4.78, 5) is 10.7. The number of carboxylic acids is 1. The zero-order valence-corrected chi connectivity index (χ0v) is 13.0. The number of rotatable bonds is 9. The normalized spacial score (nSPS) is 14.3. The van der Waals surface area contributed by atoms with Crippen LogP contribution in [0, 0.1) is 11.8 Å². The summed E-state index contributed by atoms with van der Waals surface area (Å²) >= 11 is 0. The van der Waals surface area contributed by atoms with Crippen LogP contribution in [0.5, 0.6) is 5.75 Å². The molecule has 0 amide bonds. The molecule has 0 aliphatic heterocycles. The van der Waals surface area contributed by atoms with Crippen molar-refractivity contribution in [3.63, 3.8) is 0 Å². The van der Waals surface area contributed by atoms with Crippen LogP contribution in [0.2, 0.25) is 0 Å². The topological polar surface area (TPSA) is 72.5 Å². The van der Waals surface area contributed by atoms with Crippen LogP contribution in [0.4, 0.5) is 13.2 Å². The van der Waals surface area contributed by atoms with E-state index in [1.165, 1.54) is 12.1 Å². The van der Waals surface area contributed by atoms with E-state index >= 15 is 0 Å². The monoisotopic (exact) mass is 333 g/mol. The van der Waals surface area contributed by atoms with E-state index in [0.717, 1.165) is 12.1 Å². The number of hydrogen-bond acceptors (Lipinski definition) is 3. The van der Waals surface area contributed by atoms with Crippen molar-refractivity contribution in [2.45, 2.75) is 32.4 Å². The third kappa shape index (κ3) is 7.36. The summed E-state index contributed by atoms with van der Waals surface area (Å²) in [6.45, 7) is 2.51. The van der Waals surface area contributed by atoms with Crippen LogP contribution < -0.4 is 10.5 Å². The molecule has 0 aliphatic rings. The second kappa shape index (κ2) is 8.76. The summed E-state index contributed by atoms with van der Waals surface area (Å²) in [7, 11) is 0. The van der Waals surface area contributed by atoms with Crippen LogP contribution in [0.25, 0.3) is 0 Å². The fourth-order valence-corrected chi connectivity index (χ4v) is 2.34. The Hall–Kier alpha value is -1.76. The Morgan fingerprint density at radius 1 is 1.39 bits per heavy atom. The highest BCUT2D eigenvalue weighted by Crippen LogP contribution is 2.31. The lowest BCUT2D eigenvalue weighted by Crippen LogP contribution is -2.21. The van der Waals surface area contributed by atoms with Crippen LogP contribution in [0.3, 0.4) is 0 Å². The lowest BCUT2D eigenvalue weighted by Gasteiger charge is -2.18. The highest BCUT2D eigenvalue weighted by Gasteiger charge is 2.30. The molecule has 23 heavy (non-hydrogen) atoms. The van der Waals surface area contributed by atoms with E-state index in [1.807, 2.05) is 6.92 Å². The van der Waals surface area contributed by atoms with Crippen LogP contribution >= 0.6 is 0 Å². The first-order chi connectivity index (χ1) is 10.7. The first kappa shape index (κ1) is 19.3. The van der Waals surface area contributed by atoms with Crippen molar-refractivity contribution in [1.29, 1.82) is 0 Å². The summed E-state index contributed by atoms with van der Waals surface area (Å²) < 4.78 is 43.1. The minimum Gasteiger partial charge on any atom is -0.494 e. The Bertz CT molecular complexity index is 506. The molecule has 4 nitrogen and oxygen atoms in total. The lowest BCUT2D eigenvalue weighted by atomic mass is 9.91. The van der Waals surface area contributed by atoms with Gasteiger partial charge in [-0.3, -0.25) is 4.79 Å². The number of ether oxygens (including phenoxy) is 1. The Balaban J connectivity index is 2.43. The third-order valence-electron chi connectivity index (χ3n) is 3.57. The smallest absolute Gasteiger partial charge is 0.416 e. The summed E-state index contributed by atoms with van der Waals surface area (Å²) in [6.07, 6.45) is -3.10. The fraction of sp³-hybridized carbons (Fsp3) is 0.562. The van der Waals surface area contributed by atoms with Gasteiger partial charge < -0.3 is 15.6 Å².